The summed E-state index contributed by atoms with van der Waals surface area (Å²) in [5, 5.41) is 23.7. The zero-order valence-corrected chi connectivity index (χ0v) is 16.7. The molecule has 1 amide bonds. The summed E-state index contributed by atoms with van der Waals surface area (Å²) in [6.45, 7) is -0.256. The van der Waals surface area contributed by atoms with Gasteiger partial charge in [0.05, 0.1) is 19.2 Å². The highest BCUT2D eigenvalue weighted by atomic mass is 16.6. The number of aliphatic hydroxyl groups excluding tert-OH is 2. The highest BCUT2D eigenvalue weighted by Crippen LogP contribution is 2.28. The molecule has 166 valence electrons. The number of hydrogen-bond acceptors (Lipinski definition) is 8. The molecule has 0 saturated heterocycles. The molecule has 3 rings (SSSR count). The number of carbonyl (C=O) groups is 2. The van der Waals surface area contributed by atoms with Crippen molar-refractivity contribution in [2.45, 2.75) is 37.1 Å². The van der Waals surface area contributed by atoms with Crippen LogP contribution in [0.25, 0.3) is 0 Å². The molecule has 0 bridgehead atoms. The fraction of sp³-hybridized carbons (Fsp3) is 0.400. The normalized spacial score (nSPS) is 23.1. The van der Waals surface area contributed by atoms with Crippen LogP contribution in [0.2, 0.25) is 0 Å². The topological polar surface area (TPSA) is 160 Å². The Bertz CT molecular complexity index is 1050. The molecule has 1 aliphatic rings. The number of esters is 1. The molecular formula is C20H23N3O8. The van der Waals surface area contributed by atoms with Crippen LogP contribution >= 0.6 is 0 Å². The Morgan fingerprint density at radius 3 is 2.48 bits per heavy atom. The zero-order chi connectivity index (χ0) is 22.5. The van der Waals surface area contributed by atoms with Crippen LogP contribution in [0.15, 0.2) is 46.1 Å². The molecule has 0 aliphatic heterocycles. The van der Waals surface area contributed by atoms with Crippen molar-refractivity contribution >= 4 is 11.9 Å². The van der Waals surface area contributed by atoms with Crippen molar-refractivity contribution in [3.05, 3.63) is 62.9 Å². The van der Waals surface area contributed by atoms with Crippen LogP contribution in [0.1, 0.15) is 29.2 Å². The smallest absolute Gasteiger partial charge is 0.343 e. The molecule has 1 saturated carbocycles. The van der Waals surface area contributed by atoms with E-state index in [0.717, 1.165) is 6.07 Å². The number of aromatic nitrogens is 2. The van der Waals surface area contributed by atoms with E-state index in [1.165, 1.54) is 42.1 Å². The van der Waals surface area contributed by atoms with Gasteiger partial charge in [-0.25, -0.2) is 9.59 Å². The van der Waals surface area contributed by atoms with Gasteiger partial charge >= 0.3 is 11.7 Å². The summed E-state index contributed by atoms with van der Waals surface area (Å²) in [6.07, 6.45) is -0.763. The van der Waals surface area contributed by atoms with Crippen molar-refractivity contribution < 1.29 is 29.3 Å². The standard InChI is InChI=1S/C20H23N3O8/c1-30-16(25)10-31-12-4-2-11(3-5-12)19(28)21-13-6-7-14(18(27)17(13)26)23-9-8-15(24)22-20(23)29/h2-5,8-9,13-14,17-18,26-27H,6-7,10H2,1H3,(H,21,28)(H,22,24,29)/t13-,14-,17-,18-/m1/s1. The van der Waals surface area contributed by atoms with E-state index in [4.69, 9.17) is 4.74 Å². The Labute approximate surface area is 176 Å². The van der Waals surface area contributed by atoms with E-state index >= 15 is 0 Å². The average Bonchev–Trinajstić information content (AvgIpc) is 2.76. The second-order valence-corrected chi connectivity index (χ2v) is 7.11. The molecule has 1 aliphatic carbocycles. The van der Waals surface area contributed by atoms with Gasteiger partial charge < -0.3 is 25.0 Å². The fourth-order valence-corrected chi connectivity index (χ4v) is 3.46. The molecule has 0 spiro atoms. The van der Waals surface area contributed by atoms with E-state index in [2.05, 4.69) is 15.0 Å². The number of nitrogens with one attached hydrogen (secondary N) is 2. The van der Waals surface area contributed by atoms with E-state index < -0.39 is 47.4 Å². The highest BCUT2D eigenvalue weighted by Gasteiger charge is 2.39. The minimum atomic E-state index is -1.32. The molecule has 2 aromatic rings. The fourth-order valence-electron chi connectivity index (χ4n) is 3.46. The zero-order valence-electron chi connectivity index (χ0n) is 16.7. The second-order valence-electron chi connectivity index (χ2n) is 7.11. The maximum Gasteiger partial charge on any atom is 0.343 e. The van der Waals surface area contributed by atoms with Crippen LogP contribution in [0.4, 0.5) is 0 Å². The van der Waals surface area contributed by atoms with Gasteiger partial charge in [0.15, 0.2) is 6.61 Å². The number of aromatic amines is 1. The van der Waals surface area contributed by atoms with E-state index in [9.17, 15) is 29.4 Å². The Kier molecular flexibility index (Phi) is 6.88. The molecule has 1 heterocycles. The molecule has 1 fully saturated rings. The summed E-state index contributed by atoms with van der Waals surface area (Å²) in [5.41, 5.74) is -0.939. The lowest BCUT2D eigenvalue weighted by atomic mass is 9.85. The molecule has 11 nitrogen and oxygen atoms in total. The maximum absolute atomic E-state index is 12.5. The van der Waals surface area contributed by atoms with E-state index in [0.29, 0.717) is 24.2 Å². The summed E-state index contributed by atoms with van der Waals surface area (Å²) in [4.78, 5) is 48.9. The number of carbonyl (C=O) groups excluding carboxylic acids is 2. The van der Waals surface area contributed by atoms with Crippen molar-refractivity contribution in [3.63, 3.8) is 0 Å². The number of methoxy groups -OCH3 is 1. The van der Waals surface area contributed by atoms with Crippen molar-refractivity contribution in [1.82, 2.24) is 14.9 Å². The van der Waals surface area contributed by atoms with Gasteiger partial charge in [-0.05, 0) is 37.1 Å². The Balaban J connectivity index is 1.61. The quantitative estimate of drug-likeness (QED) is 0.420. The Morgan fingerprint density at radius 2 is 1.84 bits per heavy atom. The number of nitrogens with zero attached hydrogens (tertiary/aromatic N) is 1. The van der Waals surface area contributed by atoms with Crippen LogP contribution in [0, 0.1) is 0 Å². The monoisotopic (exact) mass is 433 g/mol. The SMILES string of the molecule is COC(=O)COc1ccc(C(=O)N[C@@H]2CC[C@@H](n3ccc(=O)[nH]c3=O)[C@@H](O)[C@@H]2O)cc1. The molecule has 0 radical (unpaired) electrons. The number of amides is 1. The van der Waals surface area contributed by atoms with Gasteiger partial charge in [-0.3, -0.25) is 19.1 Å². The summed E-state index contributed by atoms with van der Waals surface area (Å²) in [5.74, 6) is -0.617. The van der Waals surface area contributed by atoms with E-state index in [1.54, 1.807) is 0 Å². The van der Waals surface area contributed by atoms with Gasteiger partial charge in [0.2, 0.25) is 0 Å². The van der Waals surface area contributed by atoms with Crippen LogP contribution < -0.4 is 21.3 Å². The molecule has 1 aromatic heterocycles. The summed E-state index contributed by atoms with van der Waals surface area (Å²) < 4.78 is 10.9. The van der Waals surface area contributed by atoms with Crippen LogP contribution in [-0.2, 0) is 9.53 Å². The lowest BCUT2D eigenvalue weighted by molar-refractivity contribution is -0.142. The summed E-state index contributed by atoms with van der Waals surface area (Å²) in [7, 11) is 1.25. The maximum atomic E-state index is 12.5. The van der Waals surface area contributed by atoms with Crippen molar-refractivity contribution in [2.24, 2.45) is 0 Å². The number of rotatable bonds is 6. The average molecular weight is 433 g/mol. The number of hydrogen-bond donors (Lipinski definition) is 4. The van der Waals surface area contributed by atoms with Gasteiger partial charge in [-0.1, -0.05) is 0 Å². The van der Waals surface area contributed by atoms with E-state index in [-0.39, 0.29) is 6.61 Å². The molecule has 11 heteroatoms. The lowest BCUT2D eigenvalue weighted by Gasteiger charge is -2.38. The van der Waals surface area contributed by atoms with Gasteiger partial charge in [-0.15, -0.1) is 0 Å². The first-order valence-corrected chi connectivity index (χ1v) is 9.58. The number of benzene rings is 1. The highest BCUT2D eigenvalue weighted by molar-refractivity contribution is 5.94. The molecule has 31 heavy (non-hydrogen) atoms. The second kappa shape index (κ2) is 9.58. The summed E-state index contributed by atoms with van der Waals surface area (Å²) in [6, 6.07) is 5.72. The van der Waals surface area contributed by atoms with Gasteiger partial charge in [0.25, 0.3) is 11.5 Å². The van der Waals surface area contributed by atoms with Crippen LogP contribution in [-0.4, -0.2) is 63.6 Å². The van der Waals surface area contributed by atoms with Gasteiger partial charge in [-0.2, -0.15) is 0 Å². The first-order chi connectivity index (χ1) is 14.8. The largest absolute Gasteiger partial charge is 0.482 e. The predicted octanol–water partition coefficient (Wildman–Crippen LogP) is -1.06. The molecule has 1 aromatic carbocycles. The Hall–Kier alpha value is -3.44. The van der Waals surface area contributed by atoms with Crippen molar-refractivity contribution in [2.75, 3.05) is 13.7 Å². The number of aliphatic hydroxyl groups is 2. The van der Waals surface area contributed by atoms with Crippen LogP contribution in [0.5, 0.6) is 5.75 Å². The third kappa shape index (κ3) is 5.19. The number of H-pyrrole nitrogens is 1. The van der Waals surface area contributed by atoms with E-state index in [1.807, 2.05) is 0 Å². The minimum absolute atomic E-state index is 0.256. The first kappa shape index (κ1) is 22.2. The van der Waals surface area contributed by atoms with Crippen molar-refractivity contribution in [3.8, 4) is 5.75 Å². The molecule has 0 unspecified atom stereocenters. The Morgan fingerprint density at radius 1 is 1.13 bits per heavy atom. The predicted molar refractivity (Wildman–Crippen MR) is 107 cm³/mol. The third-order valence-corrected chi connectivity index (χ3v) is 5.16. The molecule has 4 atom stereocenters. The minimum Gasteiger partial charge on any atom is -0.482 e. The van der Waals surface area contributed by atoms with Crippen molar-refractivity contribution in [1.29, 1.82) is 0 Å². The van der Waals surface area contributed by atoms with Gasteiger partial charge in [0, 0.05) is 17.8 Å². The first-order valence-electron chi connectivity index (χ1n) is 9.58. The number of ether oxygens (including phenoxy) is 2. The lowest BCUT2D eigenvalue weighted by Crippen LogP contribution is -2.55. The third-order valence-electron chi connectivity index (χ3n) is 5.16. The molecule has 4 N–H and O–H groups in total. The van der Waals surface area contributed by atoms with Gasteiger partial charge in [0.1, 0.15) is 18.0 Å². The van der Waals surface area contributed by atoms with Crippen LogP contribution in [0.3, 0.4) is 0 Å². The summed E-state index contributed by atoms with van der Waals surface area (Å²) >= 11 is 0. The molecular weight excluding hydrogens is 410 g/mol.